The van der Waals surface area contributed by atoms with Crippen LogP contribution in [0.25, 0.3) is 0 Å². The van der Waals surface area contributed by atoms with Gasteiger partial charge >= 0.3 is 11.9 Å². The fourth-order valence-electron chi connectivity index (χ4n) is 2.11. The van der Waals surface area contributed by atoms with E-state index < -0.39 is 17.3 Å². The maximum Gasteiger partial charge on any atom is 0.316 e. The van der Waals surface area contributed by atoms with Crippen molar-refractivity contribution < 1.29 is 19.1 Å². The highest BCUT2D eigenvalue weighted by molar-refractivity contribution is 5.87. The molecular formula is C15H20O4. The predicted molar refractivity (Wildman–Crippen MR) is 72.3 cm³/mol. The van der Waals surface area contributed by atoms with E-state index in [0.29, 0.717) is 6.42 Å². The van der Waals surface area contributed by atoms with Gasteiger partial charge in [0.15, 0.2) is 0 Å². The molecule has 0 N–H and O–H groups in total. The molecule has 0 fully saturated rings. The number of rotatable bonds is 6. The van der Waals surface area contributed by atoms with Crippen LogP contribution in [0, 0.1) is 11.3 Å². The van der Waals surface area contributed by atoms with Gasteiger partial charge in [0.1, 0.15) is 13.2 Å². The van der Waals surface area contributed by atoms with Crippen molar-refractivity contribution in [2.45, 2.75) is 19.8 Å². The summed E-state index contributed by atoms with van der Waals surface area (Å²) in [6.45, 7) is 8.98. The van der Waals surface area contributed by atoms with Gasteiger partial charge in [-0.3, -0.25) is 9.59 Å². The maximum absolute atomic E-state index is 12.1. The van der Waals surface area contributed by atoms with Crippen LogP contribution < -0.4 is 0 Å². The lowest BCUT2D eigenvalue weighted by molar-refractivity contribution is -0.164. The smallest absolute Gasteiger partial charge is 0.316 e. The largest absolute Gasteiger partial charge is 0.461 e. The van der Waals surface area contributed by atoms with Crippen LogP contribution in [0.4, 0.5) is 0 Å². The summed E-state index contributed by atoms with van der Waals surface area (Å²) in [5.74, 6) is -1.33. The number of hydrogen-bond acceptors (Lipinski definition) is 4. The van der Waals surface area contributed by atoms with Crippen LogP contribution in [0.5, 0.6) is 0 Å². The van der Waals surface area contributed by atoms with Crippen LogP contribution in [0.15, 0.2) is 37.5 Å². The molecule has 0 radical (unpaired) electrons. The molecule has 4 nitrogen and oxygen atoms in total. The van der Waals surface area contributed by atoms with E-state index in [1.807, 2.05) is 6.08 Å². The first kappa shape index (κ1) is 15.2. The summed E-state index contributed by atoms with van der Waals surface area (Å²) in [5, 5.41) is 0. The standard InChI is InChI=1S/C15H20O4/c1-4-10-18-13(16)12-8-6-7-9-15(12,3)14(17)19-11-5-2/h4-5,7,9,12H,1-2,6,8,10-11H2,3H3. The molecule has 0 aliphatic heterocycles. The lowest BCUT2D eigenvalue weighted by Gasteiger charge is -2.33. The van der Waals surface area contributed by atoms with Gasteiger partial charge in [0, 0.05) is 0 Å². The third-order valence-corrected chi connectivity index (χ3v) is 3.21. The molecule has 1 aliphatic rings. The van der Waals surface area contributed by atoms with Gasteiger partial charge in [-0.25, -0.2) is 0 Å². The van der Waals surface area contributed by atoms with Crippen LogP contribution in [0.2, 0.25) is 0 Å². The Hall–Kier alpha value is -1.84. The summed E-state index contributed by atoms with van der Waals surface area (Å²) in [4.78, 5) is 24.1. The van der Waals surface area contributed by atoms with Crippen molar-refractivity contribution in [2.24, 2.45) is 11.3 Å². The minimum Gasteiger partial charge on any atom is -0.461 e. The second kappa shape index (κ2) is 6.92. The summed E-state index contributed by atoms with van der Waals surface area (Å²) in [5.41, 5.74) is -0.973. The number of carbonyl (C=O) groups excluding carboxylic acids is 2. The fraction of sp³-hybridized carbons (Fsp3) is 0.467. The summed E-state index contributed by atoms with van der Waals surface area (Å²) in [6.07, 6.45) is 7.96. The molecule has 0 spiro atoms. The molecule has 2 unspecified atom stereocenters. The normalized spacial score (nSPS) is 25.4. The van der Waals surface area contributed by atoms with Crippen molar-refractivity contribution in [3.63, 3.8) is 0 Å². The van der Waals surface area contributed by atoms with Gasteiger partial charge in [-0.15, -0.1) is 0 Å². The topological polar surface area (TPSA) is 52.6 Å². The third kappa shape index (κ3) is 3.56. The average Bonchev–Trinajstić information content (AvgIpc) is 2.42. The Morgan fingerprint density at radius 3 is 2.58 bits per heavy atom. The first-order valence-electron chi connectivity index (χ1n) is 6.29. The number of hydrogen-bond donors (Lipinski definition) is 0. The minimum atomic E-state index is -0.973. The van der Waals surface area contributed by atoms with E-state index in [-0.39, 0.29) is 19.2 Å². The molecule has 1 aliphatic carbocycles. The SMILES string of the molecule is C=CCOC(=O)C1CCC=CC1(C)C(=O)OCC=C. The molecule has 0 saturated carbocycles. The number of carbonyl (C=O) groups is 2. The van der Waals surface area contributed by atoms with E-state index >= 15 is 0 Å². The minimum absolute atomic E-state index is 0.136. The monoisotopic (exact) mass is 264 g/mol. The van der Waals surface area contributed by atoms with Crippen LogP contribution in [0.3, 0.4) is 0 Å². The Balaban J connectivity index is 2.85. The van der Waals surface area contributed by atoms with Crippen molar-refractivity contribution >= 4 is 11.9 Å². The third-order valence-electron chi connectivity index (χ3n) is 3.21. The first-order valence-corrected chi connectivity index (χ1v) is 6.29. The Morgan fingerprint density at radius 1 is 1.32 bits per heavy atom. The Kier molecular flexibility index (Phi) is 5.55. The van der Waals surface area contributed by atoms with Gasteiger partial charge < -0.3 is 9.47 Å². The Bertz CT molecular complexity index is 397. The quantitative estimate of drug-likeness (QED) is 0.546. The maximum atomic E-state index is 12.1. The van der Waals surface area contributed by atoms with Gasteiger partial charge in [-0.1, -0.05) is 37.5 Å². The van der Waals surface area contributed by atoms with E-state index in [1.165, 1.54) is 12.2 Å². The zero-order valence-electron chi connectivity index (χ0n) is 11.3. The molecule has 0 aromatic carbocycles. The molecule has 4 heteroatoms. The molecule has 104 valence electrons. The van der Waals surface area contributed by atoms with Crippen LogP contribution in [-0.2, 0) is 19.1 Å². The van der Waals surface area contributed by atoms with Crippen LogP contribution in [-0.4, -0.2) is 25.2 Å². The highest BCUT2D eigenvalue weighted by Gasteiger charge is 2.46. The zero-order valence-corrected chi connectivity index (χ0v) is 11.3. The number of allylic oxidation sites excluding steroid dienone is 1. The summed E-state index contributed by atoms with van der Waals surface area (Å²) < 4.78 is 10.1. The molecular weight excluding hydrogens is 244 g/mol. The van der Waals surface area contributed by atoms with E-state index in [0.717, 1.165) is 6.42 Å². The molecule has 0 heterocycles. The van der Waals surface area contributed by atoms with E-state index in [2.05, 4.69) is 13.2 Å². The lowest BCUT2D eigenvalue weighted by atomic mass is 9.71. The summed E-state index contributed by atoms with van der Waals surface area (Å²) in [6, 6.07) is 0. The molecule has 0 amide bonds. The van der Waals surface area contributed by atoms with Gasteiger partial charge in [0.05, 0.1) is 11.3 Å². The molecule has 0 saturated heterocycles. The molecule has 2 atom stereocenters. The molecule has 0 aromatic rings. The van der Waals surface area contributed by atoms with Crippen molar-refractivity contribution in [1.82, 2.24) is 0 Å². The first-order chi connectivity index (χ1) is 9.06. The van der Waals surface area contributed by atoms with Gasteiger partial charge in [0.2, 0.25) is 0 Å². The highest BCUT2D eigenvalue weighted by Crippen LogP contribution is 2.38. The van der Waals surface area contributed by atoms with Crippen molar-refractivity contribution in [3.05, 3.63) is 37.5 Å². The van der Waals surface area contributed by atoms with Gasteiger partial charge in [0.25, 0.3) is 0 Å². The number of esters is 2. The van der Waals surface area contributed by atoms with Crippen LogP contribution >= 0.6 is 0 Å². The molecule has 19 heavy (non-hydrogen) atoms. The van der Waals surface area contributed by atoms with E-state index in [1.54, 1.807) is 13.0 Å². The lowest BCUT2D eigenvalue weighted by Crippen LogP contribution is -2.42. The van der Waals surface area contributed by atoms with E-state index in [9.17, 15) is 9.59 Å². The Morgan fingerprint density at radius 2 is 1.95 bits per heavy atom. The molecule has 0 aromatic heterocycles. The van der Waals surface area contributed by atoms with Crippen molar-refractivity contribution in [2.75, 3.05) is 13.2 Å². The zero-order chi connectivity index (χ0) is 14.3. The van der Waals surface area contributed by atoms with Crippen molar-refractivity contribution in [3.8, 4) is 0 Å². The predicted octanol–water partition coefficient (Wildman–Crippen LogP) is 2.42. The Labute approximate surface area is 113 Å². The van der Waals surface area contributed by atoms with Crippen molar-refractivity contribution in [1.29, 1.82) is 0 Å². The highest BCUT2D eigenvalue weighted by atomic mass is 16.5. The fourth-order valence-corrected chi connectivity index (χ4v) is 2.11. The summed E-state index contributed by atoms with van der Waals surface area (Å²) >= 11 is 0. The van der Waals surface area contributed by atoms with Gasteiger partial charge in [-0.2, -0.15) is 0 Å². The second-order valence-electron chi connectivity index (χ2n) is 4.62. The molecule has 0 bridgehead atoms. The number of ether oxygens (including phenoxy) is 2. The van der Waals surface area contributed by atoms with Gasteiger partial charge in [-0.05, 0) is 19.8 Å². The van der Waals surface area contributed by atoms with Crippen LogP contribution in [0.1, 0.15) is 19.8 Å². The second-order valence-corrected chi connectivity index (χ2v) is 4.62. The average molecular weight is 264 g/mol. The van der Waals surface area contributed by atoms with E-state index in [4.69, 9.17) is 9.47 Å². The summed E-state index contributed by atoms with van der Waals surface area (Å²) in [7, 11) is 0. The molecule has 1 rings (SSSR count).